The van der Waals surface area contributed by atoms with Crippen LogP contribution >= 0.6 is 0 Å². The van der Waals surface area contributed by atoms with Crippen LogP contribution in [0.25, 0.3) is 0 Å². The fraction of sp³-hybridized carbons (Fsp3) is 0.611. The van der Waals surface area contributed by atoms with E-state index in [9.17, 15) is 9.90 Å². The number of piperidine rings is 1. The number of likely N-dealkylation sites (tertiary alicyclic amines) is 1. The van der Waals surface area contributed by atoms with E-state index in [0.29, 0.717) is 30.1 Å². The van der Waals surface area contributed by atoms with E-state index in [4.69, 9.17) is 14.2 Å². The van der Waals surface area contributed by atoms with Gasteiger partial charge < -0.3 is 19.3 Å². The van der Waals surface area contributed by atoms with Crippen LogP contribution in [-0.2, 0) is 4.79 Å². The van der Waals surface area contributed by atoms with Gasteiger partial charge >= 0.3 is 5.97 Å². The summed E-state index contributed by atoms with van der Waals surface area (Å²) in [6.07, 6.45) is 2.27. The Bertz CT molecular complexity index is 567. The highest BCUT2D eigenvalue weighted by molar-refractivity contribution is 5.70. The minimum atomic E-state index is -0.689. The van der Waals surface area contributed by atoms with Crippen LogP contribution in [0.5, 0.6) is 17.2 Å². The van der Waals surface area contributed by atoms with Crippen LogP contribution in [0.4, 0.5) is 0 Å². The highest BCUT2D eigenvalue weighted by atomic mass is 16.5. The zero-order chi connectivity index (χ0) is 17.7. The van der Waals surface area contributed by atoms with Crippen molar-refractivity contribution in [3.8, 4) is 17.2 Å². The Labute approximate surface area is 143 Å². The van der Waals surface area contributed by atoms with Crippen LogP contribution in [0.3, 0.4) is 0 Å². The van der Waals surface area contributed by atoms with E-state index < -0.39 is 5.97 Å². The Balaban J connectivity index is 2.29. The SMILES string of the molecule is CCC(c1ccc(OC)c(OC)c1OC)N1CCC(C(=O)O)CC1. The van der Waals surface area contributed by atoms with Crippen LogP contribution in [0.2, 0.25) is 0 Å². The molecule has 24 heavy (non-hydrogen) atoms. The molecule has 0 amide bonds. The predicted molar refractivity (Wildman–Crippen MR) is 91.1 cm³/mol. The first kappa shape index (κ1) is 18.4. The average molecular weight is 337 g/mol. The molecule has 1 heterocycles. The largest absolute Gasteiger partial charge is 0.493 e. The third-order valence-corrected chi connectivity index (χ3v) is 4.80. The molecule has 1 aliphatic heterocycles. The summed E-state index contributed by atoms with van der Waals surface area (Å²) in [5.41, 5.74) is 1.05. The fourth-order valence-corrected chi connectivity index (χ4v) is 3.52. The van der Waals surface area contributed by atoms with Gasteiger partial charge in [-0.2, -0.15) is 0 Å². The second kappa shape index (κ2) is 8.24. The molecule has 0 aromatic heterocycles. The molecule has 6 heteroatoms. The molecule has 0 bridgehead atoms. The molecule has 1 fully saturated rings. The second-order valence-corrected chi connectivity index (χ2v) is 6.00. The van der Waals surface area contributed by atoms with Gasteiger partial charge in [-0.1, -0.05) is 6.92 Å². The number of nitrogens with zero attached hydrogens (tertiary/aromatic N) is 1. The fourth-order valence-electron chi connectivity index (χ4n) is 3.52. The normalized spacial score (nSPS) is 17.3. The summed E-state index contributed by atoms with van der Waals surface area (Å²) in [6, 6.07) is 4.07. The molecule has 1 aliphatic rings. The maximum Gasteiger partial charge on any atom is 0.306 e. The van der Waals surface area contributed by atoms with Crippen LogP contribution in [0.15, 0.2) is 12.1 Å². The summed E-state index contributed by atoms with van der Waals surface area (Å²) in [5.74, 6) is 0.996. The van der Waals surface area contributed by atoms with E-state index in [2.05, 4.69) is 11.8 Å². The maximum atomic E-state index is 11.2. The smallest absolute Gasteiger partial charge is 0.306 e. The third kappa shape index (κ3) is 3.59. The van der Waals surface area contributed by atoms with E-state index in [1.54, 1.807) is 21.3 Å². The van der Waals surface area contributed by atoms with Gasteiger partial charge in [-0.25, -0.2) is 0 Å². The number of benzene rings is 1. The van der Waals surface area contributed by atoms with Gasteiger partial charge in [-0.3, -0.25) is 9.69 Å². The number of hydrogen-bond acceptors (Lipinski definition) is 5. The molecule has 2 rings (SSSR count). The molecule has 1 unspecified atom stereocenters. The number of rotatable bonds is 7. The number of carbonyl (C=O) groups is 1. The Hall–Kier alpha value is -1.95. The molecule has 0 spiro atoms. The Kier molecular flexibility index (Phi) is 6.31. The molecule has 134 valence electrons. The van der Waals surface area contributed by atoms with Gasteiger partial charge in [0.1, 0.15) is 0 Å². The van der Waals surface area contributed by atoms with Gasteiger partial charge in [-0.15, -0.1) is 0 Å². The van der Waals surface area contributed by atoms with E-state index in [1.165, 1.54) is 0 Å². The summed E-state index contributed by atoms with van der Waals surface area (Å²) in [7, 11) is 4.83. The molecule has 0 aliphatic carbocycles. The standard InChI is InChI=1S/C18H27NO5/c1-5-14(19-10-8-12(9-11-19)18(20)21)13-6-7-15(22-2)17(24-4)16(13)23-3/h6-7,12,14H,5,8-11H2,1-4H3,(H,20,21). The summed E-state index contributed by atoms with van der Waals surface area (Å²) in [5, 5.41) is 9.18. The van der Waals surface area contributed by atoms with Crippen molar-refractivity contribution in [2.75, 3.05) is 34.4 Å². The zero-order valence-corrected chi connectivity index (χ0v) is 14.9. The van der Waals surface area contributed by atoms with E-state index in [0.717, 1.165) is 25.1 Å². The van der Waals surface area contributed by atoms with Crippen LogP contribution < -0.4 is 14.2 Å². The third-order valence-electron chi connectivity index (χ3n) is 4.80. The first-order valence-electron chi connectivity index (χ1n) is 8.33. The molecule has 1 aromatic rings. The van der Waals surface area contributed by atoms with Crippen LogP contribution in [0, 0.1) is 5.92 Å². The number of carboxylic acid groups (broad SMARTS) is 1. The first-order valence-corrected chi connectivity index (χ1v) is 8.33. The molecule has 6 nitrogen and oxygen atoms in total. The Morgan fingerprint density at radius 2 is 1.79 bits per heavy atom. The molecular formula is C18H27NO5. The molecular weight excluding hydrogens is 310 g/mol. The molecule has 0 radical (unpaired) electrons. The van der Waals surface area contributed by atoms with Crippen LogP contribution in [0.1, 0.15) is 37.8 Å². The Morgan fingerprint density at radius 3 is 2.25 bits per heavy atom. The number of ether oxygens (including phenoxy) is 3. The van der Waals surface area contributed by atoms with Crippen molar-refractivity contribution in [1.29, 1.82) is 0 Å². The van der Waals surface area contributed by atoms with Crippen LogP contribution in [-0.4, -0.2) is 50.4 Å². The lowest BCUT2D eigenvalue weighted by atomic mass is 9.93. The van der Waals surface area contributed by atoms with Gasteiger partial charge in [0, 0.05) is 11.6 Å². The number of aliphatic carboxylic acids is 1. The summed E-state index contributed by atoms with van der Waals surface area (Å²) in [4.78, 5) is 13.5. The molecule has 0 saturated carbocycles. The van der Waals surface area contributed by atoms with Gasteiger partial charge in [0.15, 0.2) is 11.5 Å². The minimum absolute atomic E-state index is 0.162. The predicted octanol–water partition coefficient (Wildman–Crippen LogP) is 2.96. The van der Waals surface area contributed by atoms with Crippen molar-refractivity contribution in [2.24, 2.45) is 5.92 Å². The zero-order valence-electron chi connectivity index (χ0n) is 14.9. The number of methoxy groups -OCH3 is 3. The van der Waals surface area contributed by atoms with Crippen molar-refractivity contribution >= 4 is 5.97 Å². The van der Waals surface area contributed by atoms with Gasteiger partial charge in [0.2, 0.25) is 5.75 Å². The number of carboxylic acids is 1. The van der Waals surface area contributed by atoms with E-state index >= 15 is 0 Å². The Morgan fingerprint density at radius 1 is 1.17 bits per heavy atom. The first-order chi connectivity index (χ1) is 11.6. The lowest BCUT2D eigenvalue weighted by Crippen LogP contribution is -2.38. The van der Waals surface area contributed by atoms with E-state index in [-0.39, 0.29) is 12.0 Å². The van der Waals surface area contributed by atoms with Crippen molar-refractivity contribution in [3.63, 3.8) is 0 Å². The topological polar surface area (TPSA) is 68.2 Å². The molecule has 1 atom stereocenters. The van der Waals surface area contributed by atoms with Crippen molar-refractivity contribution in [3.05, 3.63) is 17.7 Å². The molecule has 1 saturated heterocycles. The lowest BCUT2D eigenvalue weighted by molar-refractivity contribution is -0.143. The van der Waals surface area contributed by atoms with E-state index in [1.807, 2.05) is 12.1 Å². The summed E-state index contributed by atoms with van der Waals surface area (Å²) in [6.45, 7) is 3.67. The second-order valence-electron chi connectivity index (χ2n) is 6.00. The molecule has 1 N–H and O–H groups in total. The summed E-state index contributed by atoms with van der Waals surface area (Å²) >= 11 is 0. The van der Waals surface area contributed by atoms with Crippen molar-refractivity contribution < 1.29 is 24.1 Å². The van der Waals surface area contributed by atoms with Gasteiger partial charge in [-0.05, 0) is 44.5 Å². The highest BCUT2D eigenvalue weighted by Crippen LogP contribution is 2.44. The van der Waals surface area contributed by atoms with Crippen molar-refractivity contribution in [1.82, 2.24) is 4.90 Å². The monoisotopic (exact) mass is 337 g/mol. The lowest BCUT2D eigenvalue weighted by Gasteiger charge is -2.37. The number of hydrogen-bond donors (Lipinski definition) is 1. The quantitative estimate of drug-likeness (QED) is 0.825. The maximum absolute atomic E-state index is 11.2. The van der Waals surface area contributed by atoms with Gasteiger partial charge in [0.25, 0.3) is 0 Å². The minimum Gasteiger partial charge on any atom is -0.493 e. The highest BCUT2D eigenvalue weighted by Gasteiger charge is 2.31. The van der Waals surface area contributed by atoms with Crippen molar-refractivity contribution in [2.45, 2.75) is 32.2 Å². The summed E-state index contributed by atoms with van der Waals surface area (Å²) < 4.78 is 16.4. The van der Waals surface area contributed by atoms with Gasteiger partial charge in [0.05, 0.1) is 27.2 Å². The molecule has 1 aromatic carbocycles. The average Bonchev–Trinajstić information content (AvgIpc) is 2.62.